The molecule has 0 spiro atoms. The van der Waals surface area contributed by atoms with Crippen LogP contribution in [0.25, 0.3) is 0 Å². The summed E-state index contributed by atoms with van der Waals surface area (Å²) in [6.45, 7) is 2.04. The van der Waals surface area contributed by atoms with Gasteiger partial charge in [0, 0.05) is 25.7 Å². The van der Waals surface area contributed by atoms with Crippen LogP contribution in [0.5, 0.6) is 0 Å². The van der Waals surface area contributed by atoms with E-state index in [2.05, 4.69) is 15.5 Å². The molecule has 0 radical (unpaired) electrons. The Morgan fingerprint density at radius 3 is 2.68 bits per heavy atom. The van der Waals surface area contributed by atoms with Gasteiger partial charge in [0.25, 0.3) is 0 Å². The zero-order valence-corrected chi connectivity index (χ0v) is 14.3. The van der Waals surface area contributed by atoms with E-state index >= 15 is 0 Å². The second-order valence-corrected chi connectivity index (χ2v) is 5.86. The van der Waals surface area contributed by atoms with Crippen LogP contribution in [0.4, 0.5) is 0 Å². The molecule has 134 valence electrons. The molecule has 0 fully saturated rings. The van der Waals surface area contributed by atoms with Gasteiger partial charge >= 0.3 is 5.97 Å². The largest absolute Gasteiger partial charge is 0.480 e. The Labute approximate surface area is 146 Å². The Bertz CT molecular complexity index is 685. The first kappa shape index (κ1) is 18.6. The maximum Gasteiger partial charge on any atom is 0.326 e. The fraction of sp³-hybridized carbons (Fsp3) is 0.444. The number of carboxylic acid groups (broad SMARTS) is 1. The molecule has 7 heteroatoms. The fourth-order valence-corrected chi connectivity index (χ4v) is 2.43. The standard InChI is InChI=1S/C18H23N3O4/c1-2-7-15-20-17(25-21-15)11-6-10-16(22)19-14(18(23)24)12-13-8-4-3-5-9-13/h3-5,8-9,14H,2,6-7,10-12H2,1H3,(H,19,22)(H,23,24). The number of hydrogen-bond acceptors (Lipinski definition) is 5. The zero-order valence-electron chi connectivity index (χ0n) is 14.3. The van der Waals surface area contributed by atoms with Crippen LogP contribution in [-0.4, -0.2) is 33.2 Å². The van der Waals surface area contributed by atoms with E-state index < -0.39 is 12.0 Å². The summed E-state index contributed by atoms with van der Waals surface area (Å²) in [4.78, 5) is 27.6. The number of carboxylic acids is 1. The molecule has 2 aromatic rings. The first-order chi connectivity index (χ1) is 12.1. The number of hydrogen-bond donors (Lipinski definition) is 2. The van der Waals surface area contributed by atoms with E-state index in [4.69, 9.17) is 4.52 Å². The Morgan fingerprint density at radius 2 is 2.00 bits per heavy atom. The van der Waals surface area contributed by atoms with Crippen LogP contribution in [0.15, 0.2) is 34.9 Å². The molecule has 0 aliphatic rings. The highest BCUT2D eigenvalue weighted by molar-refractivity contribution is 5.83. The van der Waals surface area contributed by atoms with Crippen molar-refractivity contribution in [2.75, 3.05) is 0 Å². The van der Waals surface area contributed by atoms with Crippen molar-refractivity contribution in [2.45, 2.75) is 51.5 Å². The summed E-state index contributed by atoms with van der Waals surface area (Å²) in [5.41, 5.74) is 0.865. The molecule has 1 heterocycles. The second-order valence-electron chi connectivity index (χ2n) is 5.86. The van der Waals surface area contributed by atoms with Crippen LogP contribution >= 0.6 is 0 Å². The van der Waals surface area contributed by atoms with Crippen molar-refractivity contribution in [1.82, 2.24) is 15.5 Å². The Hall–Kier alpha value is -2.70. The minimum absolute atomic E-state index is 0.212. The molecule has 0 aliphatic heterocycles. The number of amides is 1. The quantitative estimate of drug-likeness (QED) is 0.683. The number of nitrogens with one attached hydrogen (secondary N) is 1. The maximum absolute atomic E-state index is 12.0. The van der Waals surface area contributed by atoms with Crippen molar-refractivity contribution in [3.05, 3.63) is 47.6 Å². The van der Waals surface area contributed by atoms with Gasteiger partial charge in [-0.1, -0.05) is 42.4 Å². The van der Waals surface area contributed by atoms with Gasteiger partial charge in [-0.05, 0) is 18.4 Å². The molecule has 1 atom stereocenters. The lowest BCUT2D eigenvalue weighted by molar-refractivity contribution is -0.141. The molecule has 2 rings (SSSR count). The molecule has 1 aromatic carbocycles. The predicted octanol–water partition coefficient (Wildman–Crippen LogP) is 2.16. The Balaban J connectivity index is 1.77. The SMILES string of the molecule is CCCc1noc(CCCC(=O)NC(Cc2ccccc2)C(=O)O)n1. The average molecular weight is 345 g/mol. The van der Waals surface area contributed by atoms with E-state index in [1.165, 1.54) is 0 Å². The van der Waals surface area contributed by atoms with Crippen LogP contribution in [0, 0.1) is 0 Å². The molecule has 0 aliphatic carbocycles. The predicted molar refractivity (Wildman–Crippen MR) is 90.9 cm³/mol. The summed E-state index contributed by atoms with van der Waals surface area (Å²) in [6, 6.07) is 8.29. The smallest absolute Gasteiger partial charge is 0.326 e. The van der Waals surface area contributed by atoms with Gasteiger partial charge in [0.05, 0.1) is 0 Å². The molecule has 0 bridgehead atoms. The number of aryl methyl sites for hydroxylation is 2. The highest BCUT2D eigenvalue weighted by Gasteiger charge is 2.20. The number of carbonyl (C=O) groups is 2. The molecule has 0 saturated carbocycles. The summed E-state index contributed by atoms with van der Waals surface area (Å²) < 4.78 is 5.11. The third kappa shape index (κ3) is 6.37. The fourth-order valence-electron chi connectivity index (χ4n) is 2.43. The van der Waals surface area contributed by atoms with Crippen molar-refractivity contribution in [3.8, 4) is 0 Å². The molecule has 1 aromatic heterocycles. The highest BCUT2D eigenvalue weighted by Crippen LogP contribution is 2.07. The van der Waals surface area contributed by atoms with Gasteiger partial charge in [-0.15, -0.1) is 0 Å². The van der Waals surface area contributed by atoms with Crippen molar-refractivity contribution < 1.29 is 19.2 Å². The minimum Gasteiger partial charge on any atom is -0.480 e. The molecule has 7 nitrogen and oxygen atoms in total. The molecule has 1 unspecified atom stereocenters. The molecule has 2 N–H and O–H groups in total. The normalized spacial score (nSPS) is 11.9. The van der Waals surface area contributed by atoms with E-state index in [0.29, 0.717) is 24.6 Å². The number of nitrogens with zero attached hydrogens (tertiary/aromatic N) is 2. The topological polar surface area (TPSA) is 105 Å². The molecule has 1 amide bonds. The highest BCUT2D eigenvalue weighted by atomic mass is 16.5. The van der Waals surface area contributed by atoms with Crippen molar-refractivity contribution >= 4 is 11.9 Å². The third-order valence-electron chi connectivity index (χ3n) is 3.69. The van der Waals surface area contributed by atoms with Gasteiger partial charge in [0.1, 0.15) is 6.04 Å². The third-order valence-corrected chi connectivity index (χ3v) is 3.69. The molecule has 0 saturated heterocycles. The van der Waals surface area contributed by atoms with E-state index in [-0.39, 0.29) is 18.7 Å². The summed E-state index contributed by atoms with van der Waals surface area (Å²) in [7, 11) is 0. The molecular weight excluding hydrogens is 322 g/mol. The van der Waals surface area contributed by atoms with E-state index in [1.54, 1.807) is 0 Å². The summed E-state index contributed by atoms with van der Waals surface area (Å²) >= 11 is 0. The van der Waals surface area contributed by atoms with Crippen LogP contribution in [0.2, 0.25) is 0 Å². The van der Waals surface area contributed by atoms with E-state index in [9.17, 15) is 14.7 Å². The van der Waals surface area contributed by atoms with Crippen molar-refractivity contribution in [3.63, 3.8) is 0 Å². The van der Waals surface area contributed by atoms with Crippen molar-refractivity contribution in [1.29, 1.82) is 0 Å². The Morgan fingerprint density at radius 1 is 1.24 bits per heavy atom. The van der Waals surface area contributed by atoms with E-state index in [0.717, 1.165) is 18.4 Å². The number of rotatable bonds is 10. The first-order valence-corrected chi connectivity index (χ1v) is 8.46. The zero-order chi connectivity index (χ0) is 18.1. The summed E-state index contributed by atoms with van der Waals surface area (Å²) in [5.74, 6) is -0.152. The number of benzene rings is 1. The lowest BCUT2D eigenvalue weighted by Gasteiger charge is -2.14. The number of aliphatic carboxylic acids is 1. The van der Waals surface area contributed by atoms with Gasteiger partial charge in [-0.25, -0.2) is 4.79 Å². The molecule has 25 heavy (non-hydrogen) atoms. The molecular formula is C18H23N3O4. The van der Waals surface area contributed by atoms with Gasteiger partial charge in [-0.3, -0.25) is 4.79 Å². The van der Waals surface area contributed by atoms with Gasteiger partial charge in [0.15, 0.2) is 5.82 Å². The van der Waals surface area contributed by atoms with Crippen LogP contribution < -0.4 is 5.32 Å². The lowest BCUT2D eigenvalue weighted by atomic mass is 10.1. The maximum atomic E-state index is 12.0. The van der Waals surface area contributed by atoms with Gasteiger partial charge < -0.3 is 14.9 Å². The summed E-state index contributed by atoms with van der Waals surface area (Å²) in [6.07, 6.45) is 3.21. The van der Waals surface area contributed by atoms with E-state index in [1.807, 2.05) is 37.3 Å². The first-order valence-electron chi connectivity index (χ1n) is 8.46. The Kier molecular flexibility index (Phi) is 7.13. The lowest BCUT2D eigenvalue weighted by Crippen LogP contribution is -2.42. The van der Waals surface area contributed by atoms with Gasteiger partial charge in [-0.2, -0.15) is 4.98 Å². The van der Waals surface area contributed by atoms with Crippen LogP contribution in [-0.2, 0) is 28.9 Å². The monoisotopic (exact) mass is 345 g/mol. The van der Waals surface area contributed by atoms with Crippen LogP contribution in [0.3, 0.4) is 0 Å². The van der Waals surface area contributed by atoms with Gasteiger partial charge in [0.2, 0.25) is 11.8 Å². The minimum atomic E-state index is -1.04. The number of carbonyl (C=O) groups excluding carboxylic acids is 1. The second kappa shape index (κ2) is 9.56. The van der Waals surface area contributed by atoms with Crippen molar-refractivity contribution in [2.24, 2.45) is 0 Å². The summed E-state index contributed by atoms with van der Waals surface area (Å²) in [5, 5.41) is 15.7. The number of aromatic nitrogens is 2. The average Bonchev–Trinajstić information content (AvgIpc) is 3.03. The van der Waals surface area contributed by atoms with Crippen LogP contribution in [0.1, 0.15) is 43.5 Å².